The number of rotatable bonds is 4. The van der Waals surface area contributed by atoms with Gasteiger partial charge in [0.2, 0.25) is 0 Å². The maximum absolute atomic E-state index is 9.35. The lowest BCUT2D eigenvalue weighted by Crippen LogP contribution is -2.27. The molecule has 16 heavy (non-hydrogen) atoms. The summed E-state index contributed by atoms with van der Waals surface area (Å²) in [4.78, 5) is 2.00. The van der Waals surface area contributed by atoms with Gasteiger partial charge in [0, 0.05) is 19.6 Å². The number of β-amino-alcohol motifs (C(OH)–C–C–N with tert-alkyl or cyclic N) is 2. The Morgan fingerprint density at radius 3 is 2.38 bits per heavy atom. The molecule has 0 radical (unpaired) electrons. The van der Waals surface area contributed by atoms with Gasteiger partial charge in [-0.25, -0.2) is 0 Å². The average molecular weight is 223 g/mol. The molecule has 1 aromatic carbocycles. The lowest BCUT2D eigenvalue weighted by atomic mass is 10.3. The summed E-state index contributed by atoms with van der Waals surface area (Å²) in [6, 6.07) is 9.62. The maximum atomic E-state index is 9.35. The molecule has 0 aromatic heterocycles. The Balaban J connectivity index is 1.69. The van der Waals surface area contributed by atoms with Gasteiger partial charge >= 0.3 is 0 Å². The quantitative estimate of drug-likeness (QED) is 0.760. The Bertz CT molecular complexity index is 307. The van der Waals surface area contributed by atoms with E-state index in [0.717, 1.165) is 12.3 Å². The Labute approximate surface area is 95.1 Å². The number of hydrogen-bond acceptors (Lipinski definition) is 4. The standard InChI is InChI=1S/C12H17NO3/c14-11-8-13(9-12(11)15)6-7-16-10-4-2-1-3-5-10/h1-5,11-12,14-15H,6-9H2/t11-,12+. The third-order valence-corrected chi connectivity index (χ3v) is 2.75. The predicted octanol–water partition coefficient (Wildman–Crippen LogP) is 0.103. The summed E-state index contributed by atoms with van der Waals surface area (Å²) in [5.74, 6) is 0.850. The molecule has 1 fully saturated rings. The average Bonchev–Trinajstić information content (AvgIpc) is 2.60. The van der Waals surface area contributed by atoms with E-state index in [9.17, 15) is 10.2 Å². The fraction of sp³-hybridized carbons (Fsp3) is 0.500. The van der Waals surface area contributed by atoms with E-state index in [1.54, 1.807) is 0 Å². The molecule has 0 saturated carbocycles. The summed E-state index contributed by atoms with van der Waals surface area (Å²) >= 11 is 0. The first kappa shape index (κ1) is 11.4. The molecule has 0 aliphatic carbocycles. The van der Waals surface area contributed by atoms with Crippen LogP contribution < -0.4 is 4.74 Å². The van der Waals surface area contributed by atoms with Crippen LogP contribution in [-0.4, -0.2) is 53.6 Å². The molecule has 1 aliphatic heterocycles. The Morgan fingerprint density at radius 2 is 1.75 bits per heavy atom. The normalized spacial score (nSPS) is 25.9. The van der Waals surface area contributed by atoms with E-state index >= 15 is 0 Å². The van der Waals surface area contributed by atoms with Crippen molar-refractivity contribution in [2.75, 3.05) is 26.2 Å². The molecule has 0 unspecified atom stereocenters. The second-order valence-corrected chi connectivity index (χ2v) is 4.06. The van der Waals surface area contributed by atoms with Gasteiger partial charge in [-0.15, -0.1) is 0 Å². The van der Waals surface area contributed by atoms with E-state index < -0.39 is 12.2 Å². The van der Waals surface area contributed by atoms with Gasteiger partial charge < -0.3 is 14.9 Å². The van der Waals surface area contributed by atoms with E-state index in [-0.39, 0.29) is 0 Å². The minimum absolute atomic E-state index is 0.527. The summed E-state index contributed by atoms with van der Waals surface area (Å²) in [5.41, 5.74) is 0. The Morgan fingerprint density at radius 1 is 1.12 bits per heavy atom. The first-order valence-electron chi connectivity index (χ1n) is 5.52. The SMILES string of the molecule is O[C@@H]1CN(CCOc2ccccc2)C[C@@H]1O. The van der Waals surface area contributed by atoms with Crippen LogP contribution in [0.1, 0.15) is 0 Å². The molecule has 4 nitrogen and oxygen atoms in total. The number of ether oxygens (including phenoxy) is 1. The number of para-hydroxylation sites is 1. The summed E-state index contributed by atoms with van der Waals surface area (Å²) in [6.07, 6.45) is -1.23. The van der Waals surface area contributed by atoms with Gasteiger partial charge in [-0.3, -0.25) is 4.90 Å². The fourth-order valence-electron chi connectivity index (χ4n) is 1.84. The number of aliphatic hydroxyl groups excluding tert-OH is 2. The molecule has 1 aromatic rings. The molecule has 1 saturated heterocycles. The molecule has 0 spiro atoms. The van der Waals surface area contributed by atoms with E-state index in [2.05, 4.69) is 0 Å². The molecular formula is C12H17NO3. The number of hydrogen-bond donors (Lipinski definition) is 2. The van der Waals surface area contributed by atoms with Gasteiger partial charge in [-0.1, -0.05) is 18.2 Å². The molecule has 0 bridgehead atoms. The van der Waals surface area contributed by atoms with Crippen molar-refractivity contribution in [3.8, 4) is 5.75 Å². The van der Waals surface area contributed by atoms with Crippen LogP contribution in [-0.2, 0) is 0 Å². The number of benzene rings is 1. The van der Waals surface area contributed by atoms with Crippen molar-refractivity contribution in [2.24, 2.45) is 0 Å². The minimum atomic E-state index is -0.614. The van der Waals surface area contributed by atoms with Crippen molar-refractivity contribution >= 4 is 0 Å². The van der Waals surface area contributed by atoms with Crippen LogP contribution in [0.3, 0.4) is 0 Å². The fourth-order valence-corrected chi connectivity index (χ4v) is 1.84. The van der Waals surface area contributed by atoms with E-state index in [4.69, 9.17) is 4.74 Å². The second kappa shape index (κ2) is 5.30. The van der Waals surface area contributed by atoms with Crippen molar-refractivity contribution in [1.29, 1.82) is 0 Å². The molecule has 0 amide bonds. The zero-order valence-corrected chi connectivity index (χ0v) is 9.12. The predicted molar refractivity (Wildman–Crippen MR) is 60.4 cm³/mol. The van der Waals surface area contributed by atoms with Crippen molar-refractivity contribution < 1.29 is 14.9 Å². The summed E-state index contributed by atoms with van der Waals surface area (Å²) in [6.45, 7) is 2.35. The van der Waals surface area contributed by atoms with E-state index in [1.165, 1.54) is 0 Å². The van der Waals surface area contributed by atoms with Crippen LogP contribution in [0.5, 0.6) is 5.75 Å². The molecule has 1 heterocycles. The van der Waals surface area contributed by atoms with Gasteiger partial charge in [0.1, 0.15) is 12.4 Å². The van der Waals surface area contributed by atoms with E-state index in [1.807, 2.05) is 35.2 Å². The van der Waals surface area contributed by atoms with Crippen molar-refractivity contribution in [3.63, 3.8) is 0 Å². The first-order valence-corrected chi connectivity index (χ1v) is 5.52. The lowest BCUT2D eigenvalue weighted by molar-refractivity contribution is 0.0572. The van der Waals surface area contributed by atoms with Crippen molar-refractivity contribution in [1.82, 2.24) is 4.90 Å². The molecule has 88 valence electrons. The highest BCUT2D eigenvalue weighted by Gasteiger charge is 2.28. The monoisotopic (exact) mass is 223 g/mol. The summed E-state index contributed by atoms with van der Waals surface area (Å²) < 4.78 is 5.53. The van der Waals surface area contributed by atoms with Crippen LogP contribution >= 0.6 is 0 Å². The smallest absolute Gasteiger partial charge is 0.119 e. The molecule has 2 atom stereocenters. The minimum Gasteiger partial charge on any atom is -0.492 e. The van der Waals surface area contributed by atoms with Crippen molar-refractivity contribution in [2.45, 2.75) is 12.2 Å². The third kappa shape index (κ3) is 2.95. The first-order chi connectivity index (χ1) is 7.75. The van der Waals surface area contributed by atoms with Crippen LogP contribution in [0.2, 0.25) is 0 Å². The zero-order chi connectivity index (χ0) is 11.4. The van der Waals surface area contributed by atoms with Gasteiger partial charge in [0.05, 0.1) is 12.2 Å². The number of aliphatic hydroxyl groups is 2. The van der Waals surface area contributed by atoms with Crippen LogP contribution in [0, 0.1) is 0 Å². The van der Waals surface area contributed by atoms with Gasteiger partial charge in [-0.05, 0) is 12.1 Å². The van der Waals surface area contributed by atoms with Crippen LogP contribution in [0.25, 0.3) is 0 Å². The van der Waals surface area contributed by atoms with Crippen molar-refractivity contribution in [3.05, 3.63) is 30.3 Å². The highest BCUT2D eigenvalue weighted by atomic mass is 16.5. The largest absolute Gasteiger partial charge is 0.492 e. The zero-order valence-electron chi connectivity index (χ0n) is 9.12. The molecule has 1 aliphatic rings. The molecule has 2 rings (SSSR count). The molecule has 2 N–H and O–H groups in total. The third-order valence-electron chi connectivity index (χ3n) is 2.75. The number of likely N-dealkylation sites (tertiary alicyclic amines) is 1. The highest BCUT2D eigenvalue weighted by molar-refractivity contribution is 5.20. The molecule has 4 heteroatoms. The van der Waals surface area contributed by atoms with Crippen LogP contribution in [0.15, 0.2) is 30.3 Å². The maximum Gasteiger partial charge on any atom is 0.119 e. The second-order valence-electron chi connectivity index (χ2n) is 4.06. The van der Waals surface area contributed by atoms with Gasteiger partial charge in [0.25, 0.3) is 0 Å². The Kier molecular flexibility index (Phi) is 3.77. The van der Waals surface area contributed by atoms with Gasteiger partial charge in [-0.2, -0.15) is 0 Å². The van der Waals surface area contributed by atoms with Gasteiger partial charge in [0.15, 0.2) is 0 Å². The summed E-state index contributed by atoms with van der Waals surface area (Å²) in [5, 5.41) is 18.7. The topological polar surface area (TPSA) is 52.9 Å². The Hall–Kier alpha value is -1.10. The lowest BCUT2D eigenvalue weighted by Gasteiger charge is -2.14. The van der Waals surface area contributed by atoms with E-state index in [0.29, 0.717) is 19.7 Å². The highest BCUT2D eigenvalue weighted by Crippen LogP contribution is 2.11. The summed E-state index contributed by atoms with van der Waals surface area (Å²) in [7, 11) is 0. The molecular weight excluding hydrogens is 206 g/mol. The van der Waals surface area contributed by atoms with Crippen LogP contribution in [0.4, 0.5) is 0 Å². The number of nitrogens with zero attached hydrogens (tertiary/aromatic N) is 1.